The van der Waals surface area contributed by atoms with E-state index in [2.05, 4.69) is 21.6 Å². The average Bonchev–Trinajstić information content (AvgIpc) is 2.48. The van der Waals surface area contributed by atoms with Crippen molar-refractivity contribution in [2.45, 2.75) is 25.2 Å². The zero-order chi connectivity index (χ0) is 16.2. The molecular formula is C16H27N3O2S. The molecule has 22 heavy (non-hydrogen) atoms. The molecule has 1 aliphatic heterocycles. The van der Waals surface area contributed by atoms with Gasteiger partial charge in [-0.2, -0.15) is 0 Å². The van der Waals surface area contributed by atoms with E-state index in [4.69, 9.17) is 0 Å². The highest BCUT2D eigenvalue weighted by atomic mass is 32.2. The van der Waals surface area contributed by atoms with Crippen LogP contribution in [0, 0.1) is 13.8 Å². The van der Waals surface area contributed by atoms with Crippen LogP contribution in [0.4, 0.5) is 0 Å². The van der Waals surface area contributed by atoms with E-state index >= 15 is 0 Å². The number of nitrogens with zero attached hydrogens (tertiary/aromatic N) is 2. The Bertz CT molecular complexity index is 593. The van der Waals surface area contributed by atoms with E-state index in [1.807, 2.05) is 19.9 Å². The maximum absolute atomic E-state index is 12.3. The molecule has 0 bridgehead atoms. The van der Waals surface area contributed by atoms with E-state index in [-0.39, 0.29) is 0 Å². The molecular weight excluding hydrogens is 298 g/mol. The fraction of sp³-hybridized carbons (Fsp3) is 0.625. The van der Waals surface area contributed by atoms with Crippen molar-refractivity contribution in [1.29, 1.82) is 0 Å². The Morgan fingerprint density at radius 1 is 1.09 bits per heavy atom. The molecule has 1 N–H and O–H groups in total. The largest absolute Gasteiger partial charge is 0.304 e. The Kier molecular flexibility index (Phi) is 5.97. The minimum Gasteiger partial charge on any atom is -0.304 e. The summed E-state index contributed by atoms with van der Waals surface area (Å²) in [6.45, 7) is 9.67. The van der Waals surface area contributed by atoms with Gasteiger partial charge >= 0.3 is 0 Å². The highest BCUT2D eigenvalue weighted by Gasteiger charge is 2.15. The second-order valence-corrected chi connectivity index (χ2v) is 7.91. The molecule has 0 amide bonds. The lowest BCUT2D eigenvalue weighted by atomic mass is 10.1. The normalized spacial score (nSPS) is 17.8. The third-order valence-corrected chi connectivity index (χ3v) is 5.79. The highest BCUT2D eigenvalue weighted by molar-refractivity contribution is 7.89. The third kappa shape index (κ3) is 4.78. The number of piperazine rings is 1. The molecule has 0 saturated carbocycles. The monoisotopic (exact) mass is 325 g/mol. The number of benzene rings is 1. The molecule has 0 aromatic heterocycles. The maximum Gasteiger partial charge on any atom is 0.240 e. The summed E-state index contributed by atoms with van der Waals surface area (Å²) in [4.78, 5) is 5.07. The molecule has 0 unspecified atom stereocenters. The smallest absolute Gasteiger partial charge is 0.240 e. The van der Waals surface area contributed by atoms with Crippen molar-refractivity contribution in [2.24, 2.45) is 0 Å². The molecule has 0 radical (unpaired) electrons. The summed E-state index contributed by atoms with van der Waals surface area (Å²) in [7, 11) is -1.25. The molecule has 1 saturated heterocycles. The Morgan fingerprint density at radius 2 is 1.77 bits per heavy atom. The third-order valence-electron chi connectivity index (χ3n) is 4.33. The predicted octanol–water partition coefficient (Wildman–Crippen LogP) is 1.22. The summed E-state index contributed by atoms with van der Waals surface area (Å²) in [6, 6.07) is 5.26. The van der Waals surface area contributed by atoms with Crippen molar-refractivity contribution in [2.75, 3.05) is 46.3 Å². The summed E-state index contributed by atoms with van der Waals surface area (Å²) < 4.78 is 27.2. The fourth-order valence-corrected chi connectivity index (χ4v) is 3.70. The molecule has 2 rings (SSSR count). The van der Waals surface area contributed by atoms with Crippen LogP contribution in [0.2, 0.25) is 0 Å². The quantitative estimate of drug-likeness (QED) is 0.799. The molecule has 1 aromatic rings. The van der Waals surface area contributed by atoms with Crippen molar-refractivity contribution in [3.05, 3.63) is 29.3 Å². The van der Waals surface area contributed by atoms with Crippen LogP contribution in [-0.2, 0) is 10.0 Å². The first-order valence-corrected chi connectivity index (χ1v) is 9.34. The van der Waals surface area contributed by atoms with E-state index in [0.717, 1.165) is 50.3 Å². The predicted molar refractivity (Wildman–Crippen MR) is 89.7 cm³/mol. The second kappa shape index (κ2) is 7.55. The van der Waals surface area contributed by atoms with Gasteiger partial charge in [0.05, 0.1) is 4.90 Å². The summed E-state index contributed by atoms with van der Waals surface area (Å²) in [5, 5.41) is 0. The molecule has 1 aromatic carbocycles. The summed E-state index contributed by atoms with van der Waals surface area (Å²) >= 11 is 0. The summed E-state index contributed by atoms with van der Waals surface area (Å²) in [5.74, 6) is 0. The van der Waals surface area contributed by atoms with Crippen LogP contribution >= 0.6 is 0 Å². The molecule has 0 aliphatic carbocycles. The van der Waals surface area contributed by atoms with Gasteiger partial charge in [-0.3, -0.25) is 0 Å². The van der Waals surface area contributed by atoms with E-state index in [1.165, 1.54) is 0 Å². The van der Waals surface area contributed by atoms with Crippen LogP contribution in [0.5, 0.6) is 0 Å². The zero-order valence-corrected chi connectivity index (χ0v) is 14.6. The lowest BCUT2D eigenvalue weighted by molar-refractivity contribution is 0.153. The van der Waals surface area contributed by atoms with Crippen molar-refractivity contribution in [3.63, 3.8) is 0 Å². The SMILES string of the molecule is Cc1ccc(S(=O)(=O)NCCCN2CCN(C)CC2)cc1C. The summed E-state index contributed by atoms with van der Waals surface area (Å²) in [6.07, 6.45) is 0.841. The lowest BCUT2D eigenvalue weighted by Gasteiger charge is -2.32. The summed E-state index contributed by atoms with van der Waals surface area (Å²) in [5.41, 5.74) is 2.11. The second-order valence-electron chi connectivity index (χ2n) is 6.14. The molecule has 0 atom stereocenters. The van der Waals surface area contributed by atoms with Gasteiger partial charge in [-0.15, -0.1) is 0 Å². The lowest BCUT2D eigenvalue weighted by Crippen LogP contribution is -2.45. The average molecular weight is 325 g/mol. The van der Waals surface area contributed by atoms with E-state index in [9.17, 15) is 8.42 Å². The van der Waals surface area contributed by atoms with Crippen LogP contribution in [0.15, 0.2) is 23.1 Å². The van der Waals surface area contributed by atoms with Gasteiger partial charge in [0.15, 0.2) is 0 Å². The van der Waals surface area contributed by atoms with Gasteiger partial charge in [-0.05, 0) is 57.1 Å². The van der Waals surface area contributed by atoms with Gasteiger partial charge in [-0.25, -0.2) is 13.1 Å². The standard InChI is InChI=1S/C16H27N3O2S/c1-14-5-6-16(13-15(14)2)22(20,21)17-7-4-8-19-11-9-18(3)10-12-19/h5-6,13,17H,4,7-12H2,1-3H3. The first kappa shape index (κ1) is 17.4. The Balaban J connectivity index is 1.79. The van der Waals surface area contributed by atoms with Crippen molar-refractivity contribution in [1.82, 2.24) is 14.5 Å². The van der Waals surface area contributed by atoms with Crippen LogP contribution in [0.1, 0.15) is 17.5 Å². The zero-order valence-electron chi connectivity index (χ0n) is 13.8. The van der Waals surface area contributed by atoms with Gasteiger partial charge in [0.1, 0.15) is 0 Å². The van der Waals surface area contributed by atoms with E-state index in [0.29, 0.717) is 11.4 Å². The Hall–Kier alpha value is -0.950. The van der Waals surface area contributed by atoms with Gasteiger partial charge in [0.2, 0.25) is 10.0 Å². The number of nitrogens with one attached hydrogen (secondary N) is 1. The topological polar surface area (TPSA) is 52.7 Å². The van der Waals surface area contributed by atoms with Crippen LogP contribution < -0.4 is 4.72 Å². The Labute approximate surface area is 134 Å². The van der Waals surface area contributed by atoms with Crippen molar-refractivity contribution >= 4 is 10.0 Å². The van der Waals surface area contributed by atoms with Gasteiger partial charge in [0.25, 0.3) is 0 Å². The molecule has 6 heteroatoms. The molecule has 1 heterocycles. The fourth-order valence-electron chi connectivity index (χ4n) is 2.55. The van der Waals surface area contributed by atoms with E-state index in [1.54, 1.807) is 12.1 Å². The van der Waals surface area contributed by atoms with Gasteiger partial charge in [-0.1, -0.05) is 6.07 Å². The highest BCUT2D eigenvalue weighted by Crippen LogP contribution is 2.14. The minimum atomic E-state index is -3.39. The number of rotatable bonds is 6. The molecule has 1 aliphatic rings. The van der Waals surface area contributed by atoms with Gasteiger partial charge in [0, 0.05) is 32.7 Å². The van der Waals surface area contributed by atoms with Crippen LogP contribution in [0.25, 0.3) is 0 Å². The maximum atomic E-state index is 12.3. The number of aryl methyl sites for hydroxylation is 2. The molecule has 1 fully saturated rings. The molecule has 0 spiro atoms. The first-order chi connectivity index (χ1) is 10.4. The van der Waals surface area contributed by atoms with Crippen molar-refractivity contribution in [3.8, 4) is 0 Å². The Morgan fingerprint density at radius 3 is 2.41 bits per heavy atom. The van der Waals surface area contributed by atoms with Crippen LogP contribution in [0.3, 0.4) is 0 Å². The molecule has 5 nitrogen and oxygen atoms in total. The first-order valence-electron chi connectivity index (χ1n) is 7.86. The number of hydrogen-bond donors (Lipinski definition) is 1. The number of likely N-dealkylation sites (N-methyl/N-ethyl adjacent to an activating group) is 1. The van der Waals surface area contributed by atoms with Crippen molar-refractivity contribution < 1.29 is 8.42 Å². The van der Waals surface area contributed by atoms with Crippen LogP contribution in [-0.4, -0.2) is 64.5 Å². The number of hydrogen-bond acceptors (Lipinski definition) is 4. The minimum absolute atomic E-state index is 0.357. The van der Waals surface area contributed by atoms with Gasteiger partial charge < -0.3 is 9.80 Å². The molecule has 124 valence electrons. The number of sulfonamides is 1. The van der Waals surface area contributed by atoms with E-state index < -0.39 is 10.0 Å².